The van der Waals surface area contributed by atoms with Crippen molar-refractivity contribution in [3.63, 3.8) is 0 Å². The second-order valence-electron chi connectivity index (χ2n) is 13.4. The van der Waals surface area contributed by atoms with Crippen LogP contribution in [0.25, 0.3) is 42.4 Å². The Labute approximate surface area is 277 Å². The van der Waals surface area contributed by atoms with Crippen LogP contribution in [0.3, 0.4) is 0 Å². The van der Waals surface area contributed by atoms with Crippen molar-refractivity contribution in [2.24, 2.45) is 0 Å². The Hall–Kier alpha value is -4.66. The Bertz CT molecular complexity index is 2200. The van der Waals surface area contributed by atoms with Crippen molar-refractivity contribution in [2.75, 3.05) is 11.9 Å². The molecule has 0 saturated heterocycles. The zero-order valence-electron chi connectivity index (χ0n) is 27.7. The van der Waals surface area contributed by atoms with Crippen LogP contribution in [0.2, 0.25) is 0 Å². The summed E-state index contributed by atoms with van der Waals surface area (Å²) in [5.74, 6) is 0. The molecule has 0 N–H and O–H groups in total. The van der Waals surface area contributed by atoms with Crippen molar-refractivity contribution in [1.29, 1.82) is 0 Å². The van der Waals surface area contributed by atoms with Crippen molar-refractivity contribution in [3.05, 3.63) is 156 Å². The van der Waals surface area contributed by atoms with Gasteiger partial charge in [0.05, 0.1) is 0 Å². The van der Waals surface area contributed by atoms with Crippen molar-refractivity contribution in [3.8, 4) is 22.3 Å². The fraction of sp³-hybridized carbons (Fsp3) is 0.182. The molecule has 46 heavy (non-hydrogen) atoms. The number of rotatable bonds is 4. The van der Waals surface area contributed by atoms with Crippen molar-refractivity contribution in [2.45, 2.75) is 45.4 Å². The monoisotopic (exact) mass is 615 g/mol. The first-order valence-electron chi connectivity index (χ1n) is 16.2. The van der Waals surface area contributed by atoms with Gasteiger partial charge in [-0.25, -0.2) is 0 Å². The van der Waals surface area contributed by atoms with Gasteiger partial charge in [-0.2, -0.15) is 0 Å². The average Bonchev–Trinajstić information content (AvgIpc) is 3.64. The molecule has 2 heteroatoms. The van der Waals surface area contributed by atoms with Crippen LogP contribution < -0.4 is 4.90 Å². The van der Waals surface area contributed by atoms with Gasteiger partial charge in [0.2, 0.25) is 0 Å². The number of hydrogen-bond acceptors (Lipinski definition) is 2. The second kappa shape index (κ2) is 11.3. The molecule has 0 amide bonds. The van der Waals surface area contributed by atoms with Crippen LogP contribution >= 0.6 is 11.3 Å². The van der Waals surface area contributed by atoms with Gasteiger partial charge in [-0.1, -0.05) is 131 Å². The molecule has 5 aromatic carbocycles. The lowest BCUT2D eigenvalue weighted by atomic mass is 9.82. The number of thiophene rings is 1. The molecule has 6 aromatic rings. The smallest absolute Gasteiger partial charge is 0.0437 e. The molecule has 0 unspecified atom stereocenters. The summed E-state index contributed by atoms with van der Waals surface area (Å²) in [4.78, 5) is 2.35. The van der Waals surface area contributed by atoms with E-state index < -0.39 is 0 Å². The normalized spacial score (nSPS) is 15.0. The number of fused-ring (bicyclic) bond motifs is 10. The largest absolute Gasteiger partial charge is 0.345 e. The molecule has 1 heterocycles. The maximum atomic E-state index is 3.51. The molecule has 2 aliphatic carbocycles. The highest BCUT2D eigenvalue weighted by Gasteiger charge is 2.38. The SMILES string of the molecule is C=C/C=C\C=C/C.CN(c1ccc2c(c1)C(C)(C)c1ccccc1-2)c1ccc2c(c1)C(C)(C)c1ccc3c(sc4ccccc43)c1-2. The first-order chi connectivity index (χ1) is 22.2. The Kier molecular flexibility index (Phi) is 7.37. The zero-order valence-corrected chi connectivity index (χ0v) is 28.5. The number of nitrogens with zero attached hydrogens (tertiary/aromatic N) is 1. The Morgan fingerprint density at radius 3 is 1.98 bits per heavy atom. The molecular weight excluding hydrogens is 575 g/mol. The third-order valence-corrected chi connectivity index (χ3v) is 11.3. The first kappa shape index (κ1) is 30.0. The molecule has 1 nitrogen and oxygen atoms in total. The van der Waals surface area contributed by atoms with E-state index in [1.807, 2.05) is 42.6 Å². The van der Waals surface area contributed by atoms with E-state index >= 15 is 0 Å². The molecule has 2 aliphatic rings. The van der Waals surface area contributed by atoms with E-state index in [0.717, 1.165) is 0 Å². The molecule has 0 radical (unpaired) electrons. The molecule has 8 rings (SSSR count). The summed E-state index contributed by atoms with van der Waals surface area (Å²) in [6.07, 6.45) is 9.51. The van der Waals surface area contributed by atoms with Gasteiger partial charge in [0.1, 0.15) is 0 Å². The minimum absolute atomic E-state index is 0.0000308. The fourth-order valence-electron chi connectivity index (χ4n) is 7.50. The van der Waals surface area contributed by atoms with E-state index in [1.165, 1.54) is 76.1 Å². The molecule has 1 aromatic heterocycles. The highest BCUT2D eigenvalue weighted by molar-refractivity contribution is 7.26. The number of anilines is 2. The van der Waals surface area contributed by atoms with E-state index in [2.05, 4.69) is 143 Å². The summed E-state index contributed by atoms with van der Waals surface area (Å²) in [7, 11) is 2.21. The van der Waals surface area contributed by atoms with Crippen LogP contribution in [0.5, 0.6) is 0 Å². The molecule has 0 aliphatic heterocycles. The maximum Gasteiger partial charge on any atom is 0.0437 e. The quantitative estimate of drug-likeness (QED) is 0.178. The van der Waals surface area contributed by atoms with Gasteiger partial charge in [-0.05, 0) is 76.2 Å². The Morgan fingerprint density at radius 1 is 0.609 bits per heavy atom. The van der Waals surface area contributed by atoms with Crippen LogP contribution in [-0.4, -0.2) is 7.05 Å². The summed E-state index contributed by atoms with van der Waals surface area (Å²) in [6, 6.07) is 36.5. The predicted octanol–water partition coefficient (Wildman–Crippen LogP) is 12.7. The number of allylic oxidation sites excluding steroid dienone is 5. The van der Waals surface area contributed by atoms with E-state index in [4.69, 9.17) is 0 Å². The van der Waals surface area contributed by atoms with E-state index in [1.54, 1.807) is 6.08 Å². The van der Waals surface area contributed by atoms with Crippen LogP contribution in [0, 0.1) is 0 Å². The Morgan fingerprint density at radius 2 is 1.24 bits per heavy atom. The molecule has 0 spiro atoms. The van der Waals surface area contributed by atoms with Gasteiger partial charge in [-0.15, -0.1) is 11.3 Å². The molecule has 0 saturated carbocycles. The van der Waals surface area contributed by atoms with Crippen LogP contribution in [-0.2, 0) is 10.8 Å². The molecular formula is C44H41NS. The van der Waals surface area contributed by atoms with Crippen LogP contribution in [0.4, 0.5) is 11.4 Å². The van der Waals surface area contributed by atoms with Gasteiger partial charge >= 0.3 is 0 Å². The van der Waals surface area contributed by atoms with Crippen LogP contribution in [0.15, 0.2) is 134 Å². The first-order valence-corrected chi connectivity index (χ1v) is 17.0. The highest BCUT2D eigenvalue weighted by Crippen LogP contribution is 2.55. The number of benzene rings is 5. The van der Waals surface area contributed by atoms with Gasteiger partial charge in [-0.3, -0.25) is 0 Å². The molecule has 0 bridgehead atoms. The summed E-state index contributed by atoms with van der Waals surface area (Å²) < 4.78 is 2.78. The molecule has 0 atom stereocenters. The third-order valence-electron chi connectivity index (χ3n) is 10.1. The minimum atomic E-state index is -0.0482. The topological polar surface area (TPSA) is 3.24 Å². The lowest BCUT2D eigenvalue weighted by Gasteiger charge is -2.27. The summed E-state index contributed by atoms with van der Waals surface area (Å²) >= 11 is 1.93. The average molecular weight is 616 g/mol. The fourth-order valence-corrected chi connectivity index (χ4v) is 8.77. The van der Waals surface area contributed by atoms with Crippen molar-refractivity contribution in [1.82, 2.24) is 0 Å². The van der Waals surface area contributed by atoms with Crippen molar-refractivity contribution < 1.29 is 0 Å². The highest BCUT2D eigenvalue weighted by atomic mass is 32.1. The lowest BCUT2D eigenvalue weighted by Crippen LogP contribution is -2.17. The molecule has 228 valence electrons. The van der Waals surface area contributed by atoms with Gasteiger partial charge in [0.15, 0.2) is 0 Å². The summed E-state index contributed by atoms with van der Waals surface area (Å²) in [5, 5.41) is 2.74. The molecule has 0 fully saturated rings. The van der Waals surface area contributed by atoms with Gasteiger partial charge in [0.25, 0.3) is 0 Å². The van der Waals surface area contributed by atoms with Crippen molar-refractivity contribution >= 4 is 42.9 Å². The van der Waals surface area contributed by atoms with Gasteiger partial charge < -0.3 is 4.90 Å². The van der Waals surface area contributed by atoms with Gasteiger partial charge in [0, 0.05) is 55.0 Å². The van der Waals surface area contributed by atoms with Crippen LogP contribution in [0.1, 0.15) is 56.9 Å². The standard InChI is InChI=1S/C37H31NS.C7H10/c1-36(2)29-12-8-6-10-24(29)25-16-14-22(20-31(25)36)38(5)23-15-17-28-32(21-23)37(3,4)30-19-18-27-26-11-7-9-13-33(26)39-35(27)34(28)30;1-3-5-7-6-4-2/h6-21H,1-5H3;3-7H,1H2,2H3/b;6-4-,7-5-. The second-order valence-corrected chi connectivity index (χ2v) is 14.5. The number of hydrogen-bond donors (Lipinski definition) is 0. The van der Waals surface area contributed by atoms with E-state index in [-0.39, 0.29) is 10.8 Å². The summed E-state index contributed by atoms with van der Waals surface area (Å²) in [5.41, 5.74) is 13.7. The predicted molar refractivity (Wildman–Crippen MR) is 203 cm³/mol. The van der Waals surface area contributed by atoms with E-state index in [9.17, 15) is 0 Å². The minimum Gasteiger partial charge on any atom is -0.345 e. The zero-order chi connectivity index (χ0) is 32.2. The third kappa shape index (κ3) is 4.58. The Balaban J connectivity index is 0.000000437. The maximum absolute atomic E-state index is 3.51. The van der Waals surface area contributed by atoms with E-state index in [0.29, 0.717) is 0 Å². The lowest BCUT2D eigenvalue weighted by molar-refractivity contribution is 0.660. The summed E-state index contributed by atoms with van der Waals surface area (Å²) in [6.45, 7) is 15.0.